The molecule has 2 N–H and O–H groups in total. The van der Waals surface area contributed by atoms with E-state index in [1.165, 1.54) is 16.4 Å². The van der Waals surface area contributed by atoms with Gasteiger partial charge in [0.05, 0.1) is 28.8 Å². The van der Waals surface area contributed by atoms with Crippen LogP contribution in [0.1, 0.15) is 41.8 Å². The van der Waals surface area contributed by atoms with Gasteiger partial charge in [0.25, 0.3) is 5.91 Å². The van der Waals surface area contributed by atoms with Crippen LogP contribution in [0.25, 0.3) is 5.57 Å². The number of sulfonamides is 1. The highest BCUT2D eigenvalue weighted by molar-refractivity contribution is 7.88. The fourth-order valence-corrected chi connectivity index (χ4v) is 5.86. The molecular formula is C26H31F4N5O4S. The third kappa shape index (κ3) is 6.23. The van der Waals surface area contributed by atoms with Gasteiger partial charge in [-0.3, -0.25) is 14.5 Å². The van der Waals surface area contributed by atoms with Gasteiger partial charge in [0.15, 0.2) is 0 Å². The number of nitrogens with zero attached hydrogens (tertiary/aromatic N) is 3. The molecule has 4 rings (SSSR count). The molecular weight excluding hydrogens is 554 g/mol. The van der Waals surface area contributed by atoms with Crippen LogP contribution in [0.2, 0.25) is 0 Å². The quantitative estimate of drug-likeness (QED) is 0.522. The first kappa shape index (κ1) is 29.7. The third-order valence-electron chi connectivity index (χ3n) is 7.44. The molecule has 40 heavy (non-hydrogen) atoms. The maximum atomic E-state index is 15.6. The number of piperazine rings is 1. The molecule has 2 aliphatic rings. The summed E-state index contributed by atoms with van der Waals surface area (Å²) in [6.07, 6.45) is -1.18. The molecule has 1 aromatic carbocycles. The van der Waals surface area contributed by atoms with E-state index in [2.05, 4.69) is 15.2 Å². The van der Waals surface area contributed by atoms with Crippen LogP contribution in [0.5, 0.6) is 0 Å². The molecule has 0 saturated carbocycles. The van der Waals surface area contributed by atoms with Gasteiger partial charge < -0.3 is 15.2 Å². The predicted molar refractivity (Wildman–Crippen MR) is 144 cm³/mol. The van der Waals surface area contributed by atoms with Crippen LogP contribution in [0.3, 0.4) is 0 Å². The smallest absolute Gasteiger partial charge is 0.367 e. The maximum Gasteiger partial charge on any atom is 0.417 e. The fourth-order valence-electron chi connectivity index (χ4n) is 5.05. The Bertz CT molecular complexity index is 1490. The molecule has 1 aromatic heterocycles. The van der Waals surface area contributed by atoms with Crippen LogP contribution in [0.15, 0.2) is 35.3 Å². The van der Waals surface area contributed by atoms with Crippen molar-refractivity contribution in [1.82, 2.24) is 14.2 Å². The molecule has 3 heterocycles. The number of nitrogens with one attached hydrogen (secondary N) is 2. The summed E-state index contributed by atoms with van der Waals surface area (Å²) < 4.78 is 82.1. The summed E-state index contributed by atoms with van der Waals surface area (Å²) in [7, 11) is -1.60. The summed E-state index contributed by atoms with van der Waals surface area (Å²) in [5, 5.41) is 2.50. The zero-order chi connectivity index (χ0) is 29.6. The van der Waals surface area contributed by atoms with E-state index in [0.717, 1.165) is 6.26 Å². The number of rotatable bonds is 5. The Labute approximate surface area is 229 Å². The Morgan fingerprint density at radius 1 is 1.12 bits per heavy atom. The number of benzene rings is 1. The van der Waals surface area contributed by atoms with Gasteiger partial charge in [-0.25, -0.2) is 12.8 Å². The van der Waals surface area contributed by atoms with Crippen molar-refractivity contribution in [2.45, 2.75) is 38.5 Å². The molecule has 2 aromatic rings. The number of hydrogen-bond acceptors (Lipinski definition) is 6. The number of carbonyl (C=O) groups excluding carboxylic acids is 1. The molecule has 0 radical (unpaired) electrons. The second-order valence-corrected chi connectivity index (χ2v) is 12.3. The minimum atomic E-state index is -4.97. The second-order valence-electron chi connectivity index (χ2n) is 10.3. The number of halogens is 4. The topological polar surface area (TPSA) is 106 Å². The number of carbonyl (C=O) groups is 1. The van der Waals surface area contributed by atoms with E-state index in [0.29, 0.717) is 37.3 Å². The summed E-state index contributed by atoms with van der Waals surface area (Å²) in [5.74, 6) is -1.80. The van der Waals surface area contributed by atoms with Gasteiger partial charge in [-0.2, -0.15) is 17.5 Å². The molecule has 2 aliphatic heterocycles. The van der Waals surface area contributed by atoms with Crippen molar-refractivity contribution in [2.75, 3.05) is 49.7 Å². The number of alkyl halides is 3. The molecule has 2 atom stereocenters. The molecule has 14 heteroatoms. The third-order valence-corrected chi connectivity index (χ3v) is 8.69. The minimum Gasteiger partial charge on any atom is -0.367 e. The Hall–Kier alpha value is -3.23. The largest absolute Gasteiger partial charge is 0.417 e. The monoisotopic (exact) mass is 585 g/mol. The summed E-state index contributed by atoms with van der Waals surface area (Å²) in [6.45, 7) is 5.01. The van der Waals surface area contributed by atoms with Gasteiger partial charge in [-0.15, -0.1) is 0 Å². The van der Waals surface area contributed by atoms with E-state index < -0.39 is 44.6 Å². The average molecular weight is 586 g/mol. The van der Waals surface area contributed by atoms with E-state index in [1.54, 1.807) is 6.08 Å². The van der Waals surface area contributed by atoms with Crippen LogP contribution in [0, 0.1) is 5.82 Å². The zero-order valence-electron chi connectivity index (χ0n) is 22.5. The van der Waals surface area contributed by atoms with E-state index >= 15 is 4.39 Å². The lowest BCUT2D eigenvalue weighted by atomic mass is 9.99. The predicted octanol–water partition coefficient (Wildman–Crippen LogP) is 3.36. The van der Waals surface area contributed by atoms with E-state index in [4.69, 9.17) is 0 Å². The summed E-state index contributed by atoms with van der Waals surface area (Å²) in [5.41, 5.74) is -2.49. The van der Waals surface area contributed by atoms with Crippen molar-refractivity contribution >= 4 is 32.9 Å². The molecule has 218 valence electrons. The Morgan fingerprint density at radius 2 is 1.77 bits per heavy atom. The number of aromatic nitrogens is 1. The number of likely N-dealkylation sites (N-methyl/N-ethyl adjacent to an activating group) is 1. The van der Waals surface area contributed by atoms with Crippen molar-refractivity contribution in [3.63, 3.8) is 0 Å². The molecule has 0 aliphatic carbocycles. The van der Waals surface area contributed by atoms with Crippen LogP contribution in [-0.2, 0) is 16.2 Å². The number of H-pyrrole nitrogens is 1. The van der Waals surface area contributed by atoms with Gasteiger partial charge >= 0.3 is 6.18 Å². The minimum absolute atomic E-state index is 0.0279. The van der Waals surface area contributed by atoms with E-state index in [9.17, 15) is 31.2 Å². The summed E-state index contributed by atoms with van der Waals surface area (Å²) in [6, 6.07) is 2.95. The lowest BCUT2D eigenvalue weighted by Crippen LogP contribution is -2.55. The number of pyridine rings is 1. The molecule has 9 nitrogen and oxygen atoms in total. The Morgan fingerprint density at radius 3 is 2.38 bits per heavy atom. The standard InChI is InChI=1S/C26H31F4N5O4S/c1-15-12-34(13-16(2)33(15)3)23-10-21(27)18(17-6-5-7-35(14-17)40(4,38)39)8-22(23)32-25(37)19-11-31-24(36)9-20(19)26(28,29)30/h6,8-11,15-16H,5,7,12-14H2,1-4H3,(H,31,36)(H,32,37). The van der Waals surface area contributed by atoms with Crippen LogP contribution in [0.4, 0.5) is 28.9 Å². The first-order chi connectivity index (χ1) is 18.6. The lowest BCUT2D eigenvalue weighted by molar-refractivity contribution is -0.138. The zero-order valence-corrected chi connectivity index (χ0v) is 23.3. The number of aromatic amines is 1. The molecule has 1 fully saturated rings. The second kappa shape index (κ2) is 11.0. The van der Waals surface area contributed by atoms with Crippen molar-refractivity contribution in [1.29, 1.82) is 0 Å². The van der Waals surface area contributed by atoms with Crippen molar-refractivity contribution in [3.8, 4) is 0 Å². The molecule has 1 saturated heterocycles. The van der Waals surface area contributed by atoms with Crippen LogP contribution in [-0.4, -0.2) is 80.1 Å². The van der Waals surface area contributed by atoms with Crippen molar-refractivity contribution < 1.29 is 30.8 Å². The maximum absolute atomic E-state index is 15.6. The molecule has 1 amide bonds. The average Bonchev–Trinajstić information content (AvgIpc) is 2.86. The summed E-state index contributed by atoms with van der Waals surface area (Å²) in [4.78, 5) is 30.9. The number of anilines is 2. The lowest BCUT2D eigenvalue weighted by Gasteiger charge is -2.44. The van der Waals surface area contributed by atoms with Gasteiger partial charge in [0.2, 0.25) is 15.6 Å². The number of hydrogen-bond donors (Lipinski definition) is 2. The molecule has 0 bridgehead atoms. The summed E-state index contributed by atoms with van der Waals surface area (Å²) >= 11 is 0. The van der Waals surface area contributed by atoms with Crippen LogP contribution < -0.4 is 15.8 Å². The van der Waals surface area contributed by atoms with Crippen molar-refractivity contribution in [2.24, 2.45) is 0 Å². The van der Waals surface area contributed by atoms with E-state index in [-0.39, 0.29) is 42.1 Å². The van der Waals surface area contributed by atoms with E-state index in [1.807, 2.05) is 25.8 Å². The first-order valence-corrected chi connectivity index (χ1v) is 14.5. The SMILES string of the molecule is CC1CN(c2cc(F)c(C3=CCCN(S(C)(=O)=O)C3)cc2NC(=O)c2c[nH]c(=O)cc2C(F)(F)F)CC(C)N1C. The van der Waals surface area contributed by atoms with Gasteiger partial charge in [0.1, 0.15) is 5.82 Å². The Kier molecular flexibility index (Phi) is 8.16. The van der Waals surface area contributed by atoms with Gasteiger partial charge in [-0.05, 0) is 45.0 Å². The normalized spacial score (nSPS) is 21.3. The highest BCUT2D eigenvalue weighted by Gasteiger charge is 2.36. The highest BCUT2D eigenvalue weighted by atomic mass is 32.2. The molecule has 0 spiro atoms. The van der Waals surface area contributed by atoms with Gasteiger partial charge in [-0.1, -0.05) is 6.08 Å². The van der Waals surface area contributed by atoms with Crippen molar-refractivity contribution in [3.05, 3.63) is 63.3 Å². The number of amides is 1. The fraction of sp³-hybridized carbons (Fsp3) is 0.462. The molecule has 2 unspecified atom stereocenters. The Balaban J connectivity index is 1.80. The van der Waals surface area contributed by atoms with Crippen LogP contribution >= 0.6 is 0 Å². The highest BCUT2D eigenvalue weighted by Crippen LogP contribution is 2.37. The van der Waals surface area contributed by atoms with Gasteiger partial charge in [0, 0.05) is 56.1 Å². The first-order valence-electron chi connectivity index (χ1n) is 12.6.